The van der Waals surface area contributed by atoms with Gasteiger partial charge in [0.05, 0.1) is 25.2 Å². The predicted molar refractivity (Wildman–Crippen MR) is 92.9 cm³/mol. The lowest BCUT2D eigenvalue weighted by Gasteiger charge is -2.32. The molecule has 25 heavy (non-hydrogen) atoms. The second-order valence-corrected chi connectivity index (χ2v) is 10.6. The van der Waals surface area contributed by atoms with E-state index in [1.807, 2.05) is 0 Å². The third kappa shape index (κ3) is 5.61. The van der Waals surface area contributed by atoms with Gasteiger partial charge >= 0.3 is 0 Å². The van der Waals surface area contributed by atoms with Crippen molar-refractivity contribution in [1.29, 1.82) is 0 Å². The van der Waals surface area contributed by atoms with Gasteiger partial charge in [0.1, 0.15) is 0 Å². The van der Waals surface area contributed by atoms with E-state index in [-0.39, 0.29) is 30.2 Å². The van der Waals surface area contributed by atoms with E-state index in [2.05, 4.69) is 5.32 Å². The molecule has 2 aliphatic rings. The molecule has 0 aromatic rings. The van der Waals surface area contributed by atoms with Crippen molar-refractivity contribution < 1.29 is 26.4 Å². The van der Waals surface area contributed by atoms with Gasteiger partial charge in [-0.2, -0.15) is 4.31 Å². The number of nitrogens with zero attached hydrogens (tertiary/aromatic N) is 2. The minimum atomic E-state index is -3.44. The van der Waals surface area contributed by atoms with E-state index < -0.39 is 20.0 Å². The Hall–Kier alpha value is -0.750. The lowest BCUT2D eigenvalue weighted by atomic mass is 9.97. The molecular formula is C14H27N3O6S2. The van der Waals surface area contributed by atoms with E-state index in [0.29, 0.717) is 45.7 Å². The van der Waals surface area contributed by atoms with Crippen molar-refractivity contribution in [2.45, 2.75) is 25.8 Å². The second kappa shape index (κ2) is 8.30. The number of amides is 1. The third-order valence-corrected chi connectivity index (χ3v) is 7.90. The Morgan fingerprint density at radius 1 is 1.16 bits per heavy atom. The van der Waals surface area contributed by atoms with Gasteiger partial charge in [0, 0.05) is 38.1 Å². The summed E-state index contributed by atoms with van der Waals surface area (Å²) in [5.41, 5.74) is 0. The highest BCUT2D eigenvalue weighted by molar-refractivity contribution is 7.89. The van der Waals surface area contributed by atoms with Crippen molar-refractivity contribution in [3.8, 4) is 0 Å². The van der Waals surface area contributed by atoms with Crippen molar-refractivity contribution >= 4 is 26.0 Å². The highest BCUT2D eigenvalue weighted by atomic mass is 32.2. The Morgan fingerprint density at radius 3 is 2.36 bits per heavy atom. The second-order valence-electron chi connectivity index (χ2n) is 6.58. The molecule has 0 radical (unpaired) electrons. The van der Waals surface area contributed by atoms with Gasteiger partial charge in [-0.25, -0.2) is 21.1 Å². The molecule has 2 aliphatic heterocycles. The zero-order chi connectivity index (χ0) is 18.7. The number of piperidine rings is 1. The summed E-state index contributed by atoms with van der Waals surface area (Å²) in [5.74, 6) is -0.632. The van der Waals surface area contributed by atoms with Gasteiger partial charge in [0.25, 0.3) is 0 Å². The lowest BCUT2D eigenvalue weighted by molar-refractivity contribution is -0.125. The fourth-order valence-corrected chi connectivity index (χ4v) is 5.57. The summed E-state index contributed by atoms with van der Waals surface area (Å²) in [7, 11) is -6.66. The van der Waals surface area contributed by atoms with Gasteiger partial charge in [-0.3, -0.25) is 4.79 Å². The molecule has 2 heterocycles. The van der Waals surface area contributed by atoms with Crippen LogP contribution in [0.3, 0.4) is 0 Å². The molecule has 0 aliphatic carbocycles. The number of rotatable bonds is 6. The van der Waals surface area contributed by atoms with E-state index in [1.165, 1.54) is 8.61 Å². The van der Waals surface area contributed by atoms with Crippen LogP contribution in [-0.4, -0.2) is 88.8 Å². The van der Waals surface area contributed by atoms with Gasteiger partial charge in [-0.15, -0.1) is 0 Å². The molecule has 2 saturated heterocycles. The minimum absolute atomic E-state index is 0.0531. The first-order valence-corrected chi connectivity index (χ1v) is 11.9. The third-order valence-electron chi connectivity index (χ3n) is 4.62. The fraction of sp³-hybridized carbons (Fsp3) is 0.929. The molecule has 2 rings (SSSR count). The summed E-state index contributed by atoms with van der Waals surface area (Å²) in [6.07, 6.45) is 2.06. The Bertz CT molecular complexity index is 671. The monoisotopic (exact) mass is 397 g/mol. The number of ether oxygens (including phenoxy) is 1. The van der Waals surface area contributed by atoms with E-state index in [9.17, 15) is 21.6 Å². The van der Waals surface area contributed by atoms with Gasteiger partial charge in [0.2, 0.25) is 26.0 Å². The van der Waals surface area contributed by atoms with Gasteiger partial charge in [0.15, 0.2) is 0 Å². The van der Waals surface area contributed by atoms with Crippen LogP contribution in [-0.2, 0) is 29.6 Å². The van der Waals surface area contributed by atoms with Gasteiger partial charge in [-0.05, 0) is 19.8 Å². The van der Waals surface area contributed by atoms with E-state index in [1.54, 1.807) is 6.92 Å². The fourth-order valence-electron chi connectivity index (χ4n) is 3.14. The first-order valence-electron chi connectivity index (χ1n) is 8.41. The van der Waals surface area contributed by atoms with Gasteiger partial charge < -0.3 is 10.1 Å². The molecule has 1 unspecified atom stereocenters. The van der Waals surface area contributed by atoms with Crippen molar-refractivity contribution in [2.24, 2.45) is 5.92 Å². The summed E-state index contributed by atoms with van der Waals surface area (Å²) in [4.78, 5) is 12.2. The summed E-state index contributed by atoms with van der Waals surface area (Å²) in [6, 6.07) is -0.199. The molecule has 0 saturated carbocycles. The predicted octanol–water partition coefficient (Wildman–Crippen LogP) is -1.18. The van der Waals surface area contributed by atoms with Crippen molar-refractivity contribution in [3.63, 3.8) is 0 Å². The normalized spacial score (nSPS) is 25.0. The molecule has 1 atom stereocenters. The minimum Gasteiger partial charge on any atom is -0.378 e. The number of nitrogens with one attached hydrogen (secondary N) is 1. The summed E-state index contributed by atoms with van der Waals surface area (Å²) < 4.78 is 55.7. The van der Waals surface area contributed by atoms with Crippen LogP contribution in [0.5, 0.6) is 0 Å². The molecule has 0 aromatic heterocycles. The van der Waals surface area contributed by atoms with Crippen LogP contribution in [0.4, 0.5) is 0 Å². The quantitative estimate of drug-likeness (QED) is 0.604. The van der Waals surface area contributed by atoms with Crippen LogP contribution in [0.2, 0.25) is 0 Å². The number of hydrogen-bond donors (Lipinski definition) is 1. The maximum atomic E-state index is 12.4. The van der Waals surface area contributed by atoms with Crippen LogP contribution in [0.1, 0.15) is 19.8 Å². The topological polar surface area (TPSA) is 113 Å². The average molecular weight is 398 g/mol. The zero-order valence-electron chi connectivity index (χ0n) is 14.7. The van der Waals surface area contributed by atoms with Crippen LogP contribution in [0.15, 0.2) is 0 Å². The van der Waals surface area contributed by atoms with E-state index in [0.717, 1.165) is 6.26 Å². The molecule has 0 aromatic carbocycles. The Morgan fingerprint density at radius 2 is 1.80 bits per heavy atom. The molecule has 9 nitrogen and oxygen atoms in total. The molecule has 11 heteroatoms. The number of morpholine rings is 1. The molecule has 1 amide bonds. The largest absolute Gasteiger partial charge is 0.378 e. The SMILES string of the molecule is CC1COCCN1S(=O)(=O)CCNC(=O)C1CCN(S(C)(=O)=O)CC1. The van der Waals surface area contributed by atoms with Crippen LogP contribution < -0.4 is 5.32 Å². The van der Waals surface area contributed by atoms with Crippen LogP contribution >= 0.6 is 0 Å². The lowest BCUT2D eigenvalue weighted by Crippen LogP contribution is -2.49. The Kier molecular flexibility index (Phi) is 6.82. The standard InChI is InChI=1S/C14H27N3O6S2/c1-12-11-23-9-8-17(12)25(21,22)10-5-15-14(18)13-3-6-16(7-4-13)24(2,19)20/h12-13H,3-11H2,1-2H3,(H,15,18). The summed E-state index contributed by atoms with van der Waals surface area (Å²) in [5, 5.41) is 2.67. The van der Waals surface area contributed by atoms with Gasteiger partial charge in [-0.1, -0.05) is 0 Å². The molecule has 0 bridgehead atoms. The summed E-state index contributed by atoms with van der Waals surface area (Å²) >= 11 is 0. The maximum absolute atomic E-state index is 12.4. The highest BCUT2D eigenvalue weighted by Crippen LogP contribution is 2.19. The zero-order valence-corrected chi connectivity index (χ0v) is 16.3. The van der Waals surface area contributed by atoms with E-state index in [4.69, 9.17) is 4.74 Å². The average Bonchev–Trinajstić information content (AvgIpc) is 2.54. The van der Waals surface area contributed by atoms with Crippen molar-refractivity contribution in [2.75, 3.05) is 51.4 Å². The van der Waals surface area contributed by atoms with Crippen LogP contribution in [0, 0.1) is 5.92 Å². The smallest absolute Gasteiger partial charge is 0.223 e. The number of carbonyl (C=O) groups is 1. The number of sulfonamides is 2. The molecule has 0 spiro atoms. The molecule has 1 N–H and O–H groups in total. The number of carbonyl (C=O) groups excluding carboxylic acids is 1. The first kappa shape index (κ1) is 20.6. The Labute approximate surface area is 149 Å². The molecular weight excluding hydrogens is 370 g/mol. The van der Waals surface area contributed by atoms with Crippen molar-refractivity contribution in [3.05, 3.63) is 0 Å². The molecule has 2 fully saturated rings. The summed E-state index contributed by atoms with van der Waals surface area (Å²) in [6.45, 7) is 3.59. The number of hydrogen-bond acceptors (Lipinski definition) is 6. The van der Waals surface area contributed by atoms with Crippen LogP contribution in [0.25, 0.3) is 0 Å². The highest BCUT2D eigenvalue weighted by Gasteiger charge is 2.31. The van der Waals surface area contributed by atoms with Crippen molar-refractivity contribution in [1.82, 2.24) is 13.9 Å². The first-order chi connectivity index (χ1) is 11.6. The van der Waals surface area contributed by atoms with E-state index >= 15 is 0 Å². The Balaban J connectivity index is 1.77. The molecule has 146 valence electrons. The maximum Gasteiger partial charge on any atom is 0.223 e.